The minimum absolute atomic E-state index is 0.0928. The zero-order valence-electron chi connectivity index (χ0n) is 15.0. The Labute approximate surface area is 157 Å². The molecule has 2 aromatic carbocycles. The van der Waals surface area contributed by atoms with Crippen LogP contribution in [0.5, 0.6) is 0 Å². The molecule has 0 spiro atoms. The molecule has 0 bridgehead atoms. The number of hydrogen-bond donors (Lipinski definition) is 2. The number of anilines is 1. The van der Waals surface area contributed by atoms with Crippen molar-refractivity contribution in [1.29, 1.82) is 0 Å². The summed E-state index contributed by atoms with van der Waals surface area (Å²) in [7, 11) is 0. The molecule has 138 valence electrons. The summed E-state index contributed by atoms with van der Waals surface area (Å²) in [4.78, 5) is 25.7. The number of aromatic nitrogens is 1. The van der Waals surface area contributed by atoms with E-state index < -0.39 is 0 Å². The van der Waals surface area contributed by atoms with Crippen LogP contribution in [-0.2, 0) is 6.54 Å². The number of carbonyl (C=O) groups excluding carboxylic acids is 2. The van der Waals surface area contributed by atoms with E-state index in [4.69, 9.17) is 0 Å². The first-order chi connectivity index (χ1) is 13.2. The molecule has 6 heteroatoms. The summed E-state index contributed by atoms with van der Waals surface area (Å²) < 4.78 is 2.21. The van der Waals surface area contributed by atoms with Crippen LogP contribution < -0.4 is 15.5 Å². The SMILES string of the molecule is O=C(NCCCn1ccc2ccccc21)c1ccc(N2CCNC2=O)cc1. The summed E-state index contributed by atoms with van der Waals surface area (Å²) in [6.07, 6.45) is 2.94. The summed E-state index contributed by atoms with van der Waals surface area (Å²) in [5, 5.41) is 6.96. The number of amides is 3. The standard InChI is InChI=1S/C21H22N4O2/c26-20(17-6-8-18(9-7-17)25-15-12-23-21(25)27)22-11-3-13-24-14-10-16-4-1-2-5-19(16)24/h1-2,4-10,14H,3,11-13,15H2,(H,22,26)(H,23,27). The van der Waals surface area contributed by atoms with Gasteiger partial charge in [0.2, 0.25) is 0 Å². The van der Waals surface area contributed by atoms with Crippen molar-refractivity contribution < 1.29 is 9.59 Å². The van der Waals surface area contributed by atoms with Gasteiger partial charge in [-0.15, -0.1) is 0 Å². The molecule has 6 nitrogen and oxygen atoms in total. The second-order valence-electron chi connectivity index (χ2n) is 6.61. The highest BCUT2D eigenvalue weighted by atomic mass is 16.2. The monoisotopic (exact) mass is 362 g/mol. The van der Waals surface area contributed by atoms with Gasteiger partial charge in [-0.1, -0.05) is 18.2 Å². The molecule has 2 heterocycles. The molecular weight excluding hydrogens is 340 g/mol. The van der Waals surface area contributed by atoms with Crippen molar-refractivity contribution in [2.24, 2.45) is 0 Å². The molecule has 3 aromatic rings. The maximum absolute atomic E-state index is 12.3. The van der Waals surface area contributed by atoms with E-state index in [1.54, 1.807) is 17.0 Å². The van der Waals surface area contributed by atoms with Gasteiger partial charge in [-0.3, -0.25) is 9.69 Å². The van der Waals surface area contributed by atoms with Gasteiger partial charge in [0.1, 0.15) is 0 Å². The van der Waals surface area contributed by atoms with Gasteiger partial charge in [-0.2, -0.15) is 0 Å². The van der Waals surface area contributed by atoms with Gasteiger partial charge in [0.15, 0.2) is 0 Å². The fourth-order valence-corrected chi connectivity index (χ4v) is 3.40. The first-order valence-electron chi connectivity index (χ1n) is 9.20. The highest BCUT2D eigenvalue weighted by Gasteiger charge is 2.21. The quantitative estimate of drug-likeness (QED) is 0.662. The van der Waals surface area contributed by atoms with Crippen LogP contribution in [0.25, 0.3) is 10.9 Å². The molecule has 0 aliphatic carbocycles. The van der Waals surface area contributed by atoms with Crippen LogP contribution in [0.1, 0.15) is 16.8 Å². The van der Waals surface area contributed by atoms with Gasteiger partial charge in [0, 0.05) is 49.1 Å². The summed E-state index contributed by atoms with van der Waals surface area (Å²) in [6.45, 7) is 2.77. The van der Waals surface area contributed by atoms with E-state index in [1.807, 2.05) is 24.3 Å². The highest BCUT2D eigenvalue weighted by Crippen LogP contribution is 2.17. The third-order valence-corrected chi connectivity index (χ3v) is 4.84. The van der Waals surface area contributed by atoms with Crippen LogP contribution in [0.2, 0.25) is 0 Å². The lowest BCUT2D eigenvalue weighted by atomic mass is 10.2. The molecule has 4 rings (SSSR count). The minimum Gasteiger partial charge on any atom is -0.352 e. The van der Waals surface area contributed by atoms with Crippen LogP contribution >= 0.6 is 0 Å². The fraction of sp³-hybridized carbons (Fsp3) is 0.238. The molecule has 3 amide bonds. The normalized spacial score (nSPS) is 13.8. The average molecular weight is 362 g/mol. The summed E-state index contributed by atoms with van der Waals surface area (Å²) in [5.74, 6) is -0.0928. The Morgan fingerprint density at radius 2 is 1.89 bits per heavy atom. The van der Waals surface area contributed by atoms with Crippen molar-refractivity contribution in [3.8, 4) is 0 Å². The van der Waals surface area contributed by atoms with Gasteiger partial charge >= 0.3 is 6.03 Å². The van der Waals surface area contributed by atoms with Gasteiger partial charge in [-0.05, 0) is 48.2 Å². The number of aryl methyl sites for hydroxylation is 1. The highest BCUT2D eigenvalue weighted by molar-refractivity contribution is 5.97. The number of benzene rings is 2. The Balaban J connectivity index is 1.28. The smallest absolute Gasteiger partial charge is 0.321 e. The van der Waals surface area contributed by atoms with Gasteiger partial charge in [0.05, 0.1) is 0 Å². The van der Waals surface area contributed by atoms with Crippen molar-refractivity contribution in [1.82, 2.24) is 15.2 Å². The van der Waals surface area contributed by atoms with E-state index in [-0.39, 0.29) is 11.9 Å². The van der Waals surface area contributed by atoms with E-state index in [1.165, 1.54) is 10.9 Å². The van der Waals surface area contributed by atoms with Gasteiger partial charge in [-0.25, -0.2) is 4.79 Å². The van der Waals surface area contributed by atoms with E-state index >= 15 is 0 Å². The van der Waals surface area contributed by atoms with Crippen LogP contribution in [-0.4, -0.2) is 36.1 Å². The Morgan fingerprint density at radius 3 is 2.67 bits per heavy atom. The molecule has 27 heavy (non-hydrogen) atoms. The number of para-hydroxylation sites is 1. The Morgan fingerprint density at radius 1 is 1.07 bits per heavy atom. The van der Waals surface area contributed by atoms with Crippen LogP contribution in [0, 0.1) is 0 Å². The molecule has 1 aliphatic heterocycles. The molecule has 1 aromatic heterocycles. The van der Waals surface area contributed by atoms with Gasteiger partial charge in [0.25, 0.3) is 5.91 Å². The maximum atomic E-state index is 12.3. The van der Waals surface area contributed by atoms with Crippen molar-refractivity contribution >= 4 is 28.5 Å². The summed E-state index contributed by atoms with van der Waals surface area (Å²) >= 11 is 0. The van der Waals surface area contributed by atoms with E-state index in [9.17, 15) is 9.59 Å². The van der Waals surface area contributed by atoms with Crippen molar-refractivity contribution in [2.45, 2.75) is 13.0 Å². The molecule has 1 fully saturated rings. The van der Waals surface area contributed by atoms with E-state index in [2.05, 4.69) is 39.6 Å². The molecule has 0 saturated carbocycles. The average Bonchev–Trinajstić information content (AvgIpc) is 3.31. The second-order valence-corrected chi connectivity index (χ2v) is 6.61. The molecule has 0 unspecified atom stereocenters. The van der Waals surface area contributed by atoms with Crippen molar-refractivity contribution in [3.05, 3.63) is 66.4 Å². The largest absolute Gasteiger partial charge is 0.352 e. The Bertz CT molecular complexity index is 962. The Kier molecular flexibility index (Phi) is 4.78. The minimum atomic E-state index is -0.0928. The number of hydrogen-bond acceptors (Lipinski definition) is 2. The number of carbonyl (C=O) groups is 2. The first kappa shape index (κ1) is 17.1. The first-order valence-corrected chi connectivity index (χ1v) is 9.20. The third kappa shape index (κ3) is 3.65. The number of nitrogens with zero attached hydrogens (tertiary/aromatic N) is 2. The maximum Gasteiger partial charge on any atom is 0.321 e. The van der Waals surface area contributed by atoms with Crippen LogP contribution in [0.4, 0.5) is 10.5 Å². The predicted octanol–water partition coefficient (Wildman–Crippen LogP) is 2.99. The molecule has 1 aliphatic rings. The van der Waals surface area contributed by atoms with E-state index in [0.717, 1.165) is 18.7 Å². The molecular formula is C21H22N4O2. The van der Waals surface area contributed by atoms with Crippen LogP contribution in [0.3, 0.4) is 0 Å². The lowest BCUT2D eigenvalue weighted by molar-refractivity contribution is 0.0953. The van der Waals surface area contributed by atoms with Crippen molar-refractivity contribution in [2.75, 3.05) is 24.5 Å². The number of urea groups is 1. The topological polar surface area (TPSA) is 66.4 Å². The second kappa shape index (κ2) is 7.53. The molecule has 0 radical (unpaired) electrons. The van der Waals surface area contributed by atoms with Crippen molar-refractivity contribution in [3.63, 3.8) is 0 Å². The zero-order chi connectivity index (χ0) is 18.6. The van der Waals surface area contributed by atoms with Gasteiger partial charge < -0.3 is 15.2 Å². The summed E-state index contributed by atoms with van der Waals surface area (Å²) in [6, 6.07) is 17.4. The lowest BCUT2D eigenvalue weighted by Gasteiger charge is -2.14. The lowest BCUT2D eigenvalue weighted by Crippen LogP contribution is -2.28. The number of nitrogens with one attached hydrogen (secondary N) is 2. The third-order valence-electron chi connectivity index (χ3n) is 4.84. The predicted molar refractivity (Wildman–Crippen MR) is 106 cm³/mol. The zero-order valence-corrected chi connectivity index (χ0v) is 15.0. The summed E-state index contributed by atoms with van der Waals surface area (Å²) in [5.41, 5.74) is 2.62. The molecule has 1 saturated heterocycles. The fourth-order valence-electron chi connectivity index (χ4n) is 3.40. The number of fused-ring (bicyclic) bond motifs is 1. The molecule has 0 atom stereocenters. The Hall–Kier alpha value is -3.28. The van der Waals surface area contributed by atoms with E-state index in [0.29, 0.717) is 25.2 Å². The molecule has 2 N–H and O–H groups in total. The van der Waals surface area contributed by atoms with Crippen LogP contribution in [0.15, 0.2) is 60.8 Å². The number of rotatable bonds is 6.